The number of ether oxygens (including phenoxy) is 1. The van der Waals surface area contributed by atoms with E-state index in [0.29, 0.717) is 10.7 Å². The summed E-state index contributed by atoms with van der Waals surface area (Å²) in [4.78, 5) is 4.39. The number of pyridine rings is 1. The number of fused-ring (bicyclic) bond motifs is 1. The quantitative estimate of drug-likeness (QED) is 0.599. The van der Waals surface area contributed by atoms with Crippen molar-refractivity contribution < 1.29 is 4.74 Å². The Morgan fingerprint density at radius 2 is 1.96 bits per heavy atom. The zero-order chi connectivity index (χ0) is 17.1. The Morgan fingerprint density at radius 1 is 1.21 bits per heavy atom. The first kappa shape index (κ1) is 16.6. The van der Waals surface area contributed by atoms with Crippen molar-refractivity contribution in [1.29, 1.82) is 5.26 Å². The number of hydrogen-bond acceptors (Lipinski definition) is 4. The number of nitrogens with one attached hydrogen (secondary N) is 1. The van der Waals surface area contributed by atoms with E-state index in [9.17, 15) is 5.26 Å². The monoisotopic (exact) mass is 401 g/mol. The van der Waals surface area contributed by atoms with Crippen molar-refractivity contribution in [2.24, 2.45) is 0 Å². The van der Waals surface area contributed by atoms with E-state index in [1.165, 1.54) is 0 Å². The van der Waals surface area contributed by atoms with E-state index >= 15 is 0 Å². The zero-order valence-electron chi connectivity index (χ0n) is 12.8. The summed E-state index contributed by atoms with van der Waals surface area (Å²) in [7, 11) is 1.61. The molecule has 120 valence electrons. The fraction of sp³-hybridized carbons (Fsp3) is 0.111. The molecule has 24 heavy (non-hydrogen) atoms. The topological polar surface area (TPSA) is 57.9 Å². The average Bonchev–Trinajstić information content (AvgIpc) is 2.60. The minimum atomic E-state index is -0.609. The summed E-state index contributed by atoms with van der Waals surface area (Å²) in [6.45, 7) is 0. The lowest BCUT2D eigenvalue weighted by Gasteiger charge is -2.15. The minimum Gasteiger partial charge on any atom is -0.497 e. The second kappa shape index (κ2) is 7.08. The normalized spacial score (nSPS) is 11.8. The largest absolute Gasteiger partial charge is 0.497 e. The maximum absolute atomic E-state index is 9.56. The van der Waals surface area contributed by atoms with Crippen LogP contribution in [0.25, 0.3) is 10.9 Å². The molecule has 0 saturated carbocycles. The predicted molar refractivity (Wildman–Crippen MR) is 99.4 cm³/mol. The van der Waals surface area contributed by atoms with Crippen molar-refractivity contribution in [3.63, 3.8) is 0 Å². The van der Waals surface area contributed by atoms with Crippen LogP contribution in [-0.2, 0) is 0 Å². The van der Waals surface area contributed by atoms with Gasteiger partial charge in [0.2, 0.25) is 0 Å². The van der Waals surface area contributed by atoms with E-state index < -0.39 is 6.04 Å². The molecule has 6 heteroatoms. The average molecular weight is 403 g/mol. The third kappa shape index (κ3) is 3.45. The molecule has 0 radical (unpaired) electrons. The van der Waals surface area contributed by atoms with Crippen LogP contribution in [-0.4, -0.2) is 12.1 Å². The Morgan fingerprint density at radius 3 is 2.62 bits per heavy atom. The molecule has 0 spiro atoms. The molecule has 1 heterocycles. The minimum absolute atomic E-state index is 0.317. The number of benzene rings is 2. The van der Waals surface area contributed by atoms with E-state index in [1.807, 2.05) is 48.5 Å². The standard InChI is InChI=1S/C18H13BrClN3O/c1-24-14-5-3-13(4-6-14)22-17(10-21)15-9-11-8-12(19)2-7-16(11)23-18(15)20/h2-9,17,22H,1H3. The third-order valence-corrected chi connectivity index (χ3v) is 4.39. The first-order valence-corrected chi connectivity index (χ1v) is 8.33. The van der Waals surface area contributed by atoms with Crippen molar-refractivity contribution in [3.05, 3.63) is 63.7 Å². The molecule has 1 unspecified atom stereocenters. The van der Waals surface area contributed by atoms with Crippen LogP contribution in [0.5, 0.6) is 5.75 Å². The van der Waals surface area contributed by atoms with E-state index in [-0.39, 0.29) is 0 Å². The highest BCUT2D eigenvalue weighted by molar-refractivity contribution is 9.10. The highest BCUT2D eigenvalue weighted by Crippen LogP contribution is 2.29. The molecule has 0 aliphatic heterocycles. The van der Waals surface area contributed by atoms with Gasteiger partial charge in [0.25, 0.3) is 0 Å². The Hall–Kier alpha value is -2.29. The van der Waals surface area contributed by atoms with Crippen LogP contribution in [0.4, 0.5) is 5.69 Å². The molecule has 3 aromatic rings. The van der Waals surface area contributed by atoms with E-state index in [0.717, 1.165) is 26.8 Å². The van der Waals surface area contributed by atoms with Gasteiger partial charge in [0.05, 0.1) is 18.7 Å². The molecule has 1 aromatic heterocycles. The summed E-state index contributed by atoms with van der Waals surface area (Å²) in [6.07, 6.45) is 0. The van der Waals surface area contributed by atoms with Gasteiger partial charge in [-0.15, -0.1) is 0 Å². The van der Waals surface area contributed by atoms with Crippen molar-refractivity contribution in [3.8, 4) is 11.8 Å². The number of halogens is 2. The number of nitrogens with zero attached hydrogens (tertiary/aromatic N) is 2. The summed E-state index contributed by atoms with van der Waals surface area (Å²) >= 11 is 9.74. The van der Waals surface area contributed by atoms with E-state index in [2.05, 4.69) is 32.3 Å². The van der Waals surface area contributed by atoms with Gasteiger partial charge in [-0.3, -0.25) is 0 Å². The SMILES string of the molecule is COc1ccc(NC(C#N)c2cc3cc(Br)ccc3nc2Cl)cc1. The second-order valence-corrected chi connectivity index (χ2v) is 6.41. The molecule has 0 saturated heterocycles. The van der Waals surface area contributed by atoms with Gasteiger partial charge in [-0.1, -0.05) is 27.5 Å². The highest BCUT2D eigenvalue weighted by atomic mass is 79.9. The first-order chi connectivity index (χ1) is 11.6. The third-order valence-electron chi connectivity index (χ3n) is 3.60. The number of nitriles is 1. The molecule has 0 fully saturated rings. The lowest BCUT2D eigenvalue weighted by atomic mass is 10.1. The first-order valence-electron chi connectivity index (χ1n) is 7.16. The Kier molecular flexibility index (Phi) is 4.89. The molecule has 4 nitrogen and oxygen atoms in total. The molecule has 0 bridgehead atoms. The van der Waals surface area contributed by atoms with Crippen LogP contribution in [0.2, 0.25) is 5.15 Å². The smallest absolute Gasteiger partial charge is 0.143 e. The fourth-order valence-electron chi connectivity index (χ4n) is 2.38. The zero-order valence-corrected chi connectivity index (χ0v) is 15.1. The van der Waals surface area contributed by atoms with Gasteiger partial charge in [0, 0.05) is 21.1 Å². The Labute approximate surface area is 153 Å². The number of rotatable bonds is 4. The van der Waals surface area contributed by atoms with Gasteiger partial charge < -0.3 is 10.1 Å². The predicted octanol–water partition coefficient (Wildman–Crippen LogP) is 5.34. The molecule has 3 rings (SSSR count). The molecule has 0 aliphatic rings. The lowest BCUT2D eigenvalue weighted by molar-refractivity contribution is 0.415. The number of aromatic nitrogens is 1. The van der Waals surface area contributed by atoms with Crippen LogP contribution in [0.1, 0.15) is 11.6 Å². The highest BCUT2D eigenvalue weighted by Gasteiger charge is 2.16. The van der Waals surface area contributed by atoms with E-state index in [1.54, 1.807) is 7.11 Å². The lowest BCUT2D eigenvalue weighted by Crippen LogP contribution is -2.09. The van der Waals surface area contributed by atoms with Gasteiger partial charge >= 0.3 is 0 Å². The summed E-state index contributed by atoms with van der Waals surface area (Å²) in [6, 6.07) is 16.6. The van der Waals surface area contributed by atoms with Gasteiger partial charge in [0.1, 0.15) is 16.9 Å². The van der Waals surface area contributed by atoms with Crippen LogP contribution in [0, 0.1) is 11.3 Å². The van der Waals surface area contributed by atoms with Gasteiger partial charge in [-0.2, -0.15) is 5.26 Å². The molecular formula is C18H13BrClN3O. The van der Waals surface area contributed by atoms with Crippen LogP contribution in [0.3, 0.4) is 0 Å². The summed E-state index contributed by atoms with van der Waals surface area (Å²) in [5.74, 6) is 0.754. The van der Waals surface area contributed by atoms with Gasteiger partial charge in [-0.25, -0.2) is 4.98 Å². The van der Waals surface area contributed by atoms with Crippen molar-refractivity contribution in [1.82, 2.24) is 4.98 Å². The van der Waals surface area contributed by atoms with Gasteiger partial charge in [-0.05, 0) is 48.5 Å². The van der Waals surface area contributed by atoms with Crippen molar-refractivity contribution >= 4 is 44.1 Å². The molecule has 2 aromatic carbocycles. The second-order valence-electron chi connectivity index (χ2n) is 5.14. The Balaban J connectivity index is 1.96. The van der Waals surface area contributed by atoms with E-state index in [4.69, 9.17) is 16.3 Å². The van der Waals surface area contributed by atoms with Crippen LogP contribution < -0.4 is 10.1 Å². The van der Waals surface area contributed by atoms with Crippen LogP contribution >= 0.6 is 27.5 Å². The Bertz CT molecular complexity index is 922. The fourth-order valence-corrected chi connectivity index (χ4v) is 3.01. The molecule has 0 aliphatic carbocycles. The summed E-state index contributed by atoms with van der Waals surface area (Å²) in [5.41, 5.74) is 2.22. The maximum Gasteiger partial charge on any atom is 0.143 e. The summed E-state index contributed by atoms with van der Waals surface area (Å²) in [5, 5.41) is 14.0. The number of methoxy groups -OCH3 is 1. The molecule has 1 atom stereocenters. The number of anilines is 1. The maximum atomic E-state index is 9.56. The van der Waals surface area contributed by atoms with Crippen LogP contribution in [0.15, 0.2) is 53.0 Å². The molecule has 1 N–H and O–H groups in total. The van der Waals surface area contributed by atoms with Gasteiger partial charge in [0.15, 0.2) is 0 Å². The number of hydrogen-bond donors (Lipinski definition) is 1. The summed E-state index contributed by atoms with van der Waals surface area (Å²) < 4.78 is 6.08. The van der Waals surface area contributed by atoms with Crippen molar-refractivity contribution in [2.75, 3.05) is 12.4 Å². The molecular weight excluding hydrogens is 390 g/mol. The molecule has 0 amide bonds. The van der Waals surface area contributed by atoms with Crippen molar-refractivity contribution in [2.45, 2.75) is 6.04 Å².